The number of carbonyl (C=O) groups excluding carboxylic acids is 1. The lowest BCUT2D eigenvalue weighted by Gasteiger charge is -2.23. The maximum absolute atomic E-state index is 12.4. The Labute approximate surface area is 120 Å². The summed E-state index contributed by atoms with van der Waals surface area (Å²) in [7, 11) is -2.76. The van der Waals surface area contributed by atoms with E-state index in [1.165, 1.54) is 18.6 Å². The van der Waals surface area contributed by atoms with Crippen molar-refractivity contribution in [3.63, 3.8) is 0 Å². The minimum atomic E-state index is -3.95. The van der Waals surface area contributed by atoms with Gasteiger partial charge in [0.25, 0.3) is 10.0 Å². The molecule has 0 saturated heterocycles. The zero-order valence-electron chi connectivity index (χ0n) is 11.2. The van der Waals surface area contributed by atoms with Crippen LogP contribution < -0.4 is 0 Å². The van der Waals surface area contributed by atoms with Crippen LogP contribution in [0.3, 0.4) is 0 Å². The molecular weight excluding hydrogens is 306 g/mol. The average molecular weight is 321 g/mol. The largest absolute Gasteiger partial charge is 0.480 e. The summed E-state index contributed by atoms with van der Waals surface area (Å²) >= 11 is 0.850. The van der Waals surface area contributed by atoms with E-state index in [-0.39, 0.29) is 9.77 Å². The van der Waals surface area contributed by atoms with E-state index >= 15 is 0 Å². The van der Waals surface area contributed by atoms with Gasteiger partial charge in [-0.1, -0.05) is 0 Å². The number of esters is 1. The van der Waals surface area contributed by atoms with Gasteiger partial charge < -0.3 is 9.84 Å². The van der Waals surface area contributed by atoms with Gasteiger partial charge in [0.1, 0.15) is 10.8 Å². The molecule has 1 aromatic rings. The quantitative estimate of drug-likeness (QED) is 0.785. The predicted octanol–water partition coefficient (Wildman–Crippen LogP) is 1.02. The molecule has 0 aliphatic heterocycles. The third-order valence-corrected chi connectivity index (χ3v) is 5.86. The highest BCUT2D eigenvalue weighted by Gasteiger charge is 2.30. The molecule has 0 aliphatic carbocycles. The van der Waals surface area contributed by atoms with E-state index in [0.29, 0.717) is 0 Å². The van der Waals surface area contributed by atoms with Crippen LogP contribution in [0, 0.1) is 0 Å². The van der Waals surface area contributed by atoms with Crippen molar-refractivity contribution in [1.82, 2.24) is 4.31 Å². The molecule has 0 unspecified atom stereocenters. The second-order valence-corrected chi connectivity index (χ2v) is 7.21. The summed E-state index contributed by atoms with van der Waals surface area (Å²) in [5.74, 6) is -1.89. The Morgan fingerprint density at radius 1 is 1.45 bits per heavy atom. The first kappa shape index (κ1) is 16.6. The highest BCUT2D eigenvalue weighted by atomic mass is 32.2. The highest BCUT2D eigenvalue weighted by molar-refractivity contribution is 7.91. The Balaban J connectivity index is 3.16. The van der Waals surface area contributed by atoms with Crippen molar-refractivity contribution < 1.29 is 27.9 Å². The Morgan fingerprint density at radius 2 is 2.05 bits per heavy atom. The average Bonchev–Trinajstić information content (AvgIpc) is 2.84. The van der Waals surface area contributed by atoms with E-state index < -0.39 is 34.5 Å². The molecule has 0 radical (unpaired) electrons. The first-order chi connectivity index (χ1) is 9.20. The Bertz CT molecular complexity index is 604. The van der Waals surface area contributed by atoms with Crippen molar-refractivity contribution in [2.75, 3.05) is 13.7 Å². The van der Waals surface area contributed by atoms with Crippen molar-refractivity contribution >= 4 is 33.3 Å². The SMILES string of the molecule is COC(=O)c1csc(S(=O)(=O)N(CC(=O)O)C(C)C)c1. The van der Waals surface area contributed by atoms with Crippen LogP contribution in [0.25, 0.3) is 0 Å². The van der Waals surface area contributed by atoms with Crippen molar-refractivity contribution in [1.29, 1.82) is 0 Å². The van der Waals surface area contributed by atoms with Gasteiger partial charge in [0.2, 0.25) is 0 Å². The van der Waals surface area contributed by atoms with E-state index in [1.807, 2.05) is 0 Å². The van der Waals surface area contributed by atoms with E-state index in [1.54, 1.807) is 13.8 Å². The summed E-state index contributed by atoms with van der Waals surface area (Å²) in [6.45, 7) is 2.52. The summed E-state index contributed by atoms with van der Waals surface area (Å²) in [6.07, 6.45) is 0. The number of methoxy groups -OCH3 is 1. The molecule has 0 spiro atoms. The number of carboxylic acids is 1. The molecular formula is C11H15NO6S2. The van der Waals surface area contributed by atoms with E-state index in [4.69, 9.17) is 5.11 Å². The maximum Gasteiger partial charge on any atom is 0.338 e. The van der Waals surface area contributed by atoms with Gasteiger partial charge in [-0.15, -0.1) is 11.3 Å². The molecule has 0 atom stereocenters. The number of carboxylic acid groups (broad SMARTS) is 1. The highest BCUT2D eigenvalue weighted by Crippen LogP contribution is 2.25. The summed E-state index contributed by atoms with van der Waals surface area (Å²) in [5.41, 5.74) is 0.120. The molecule has 0 aromatic carbocycles. The molecule has 1 rings (SSSR count). The lowest BCUT2D eigenvalue weighted by molar-refractivity contribution is -0.137. The number of nitrogens with zero attached hydrogens (tertiary/aromatic N) is 1. The Morgan fingerprint density at radius 3 is 2.50 bits per heavy atom. The zero-order valence-corrected chi connectivity index (χ0v) is 12.8. The topological polar surface area (TPSA) is 101 Å². The molecule has 1 N–H and O–H groups in total. The van der Waals surface area contributed by atoms with Crippen LogP contribution in [0.15, 0.2) is 15.7 Å². The van der Waals surface area contributed by atoms with E-state index in [9.17, 15) is 18.0 Å². The van der Waals surface area contributed by atoms with Crippen molar-refractivity contribution in [3.8, 4) is 0 Å². The third kappa shape index (κ3) is 3.56. The lowest BCUT2D eigenvalue weighted by atomic mass is 10.3. The minimum Gasteiger partial charge on any atom is -0.480 e. The van der Waals surface area contributed by atoms with Crippen LogP contribution in [-0.2, 0) is 19.6 Å². The number of rotatable bonds is 6. The number of aliphatic carboxylic acids is 1. The molecule has 112 valence electrons. The molecule has 7 nitrogen and oxygen atoms in total. The van der Waals surface area contributed by atoms with Crippen molar-refractivity contribution in [3.05, 3.63) is 17.0 Å². The summed E-state index contributed by atoms with van der Waals surface area (Å²) in [5, 5.41) is 10.2. The first-order valence-corrected chi connectivity index (χ1v) is 7.92. The van der Waals surface area contributed by atoms with Crippen molar-refractivity contribution in [2.24, 2.45) is 0 Å². The van der Waals surface area contributed by atoms with Crippen molar-refractivity contribution in [2.45, 2.75) is 24.1 Å². The van der Waals surface area contributed by atoms with Gasteiger partial charge in [-0.05, 0) is 19.9 Å². The molecule has 0 saturated carbocycles. The van der Waals surface area contributed by atoms with E-state index in [0.717, 1.165) is 15.6 Å². The van der Waals surface area contributed by atoms with E-state index in [2.05, 4.69) is 4.74 Å². The molecule has 0 amide bonds. The fourth-order valence-electron chi connectivity index (χ4n) is 1.47. The van der Waals surface area contributed by atoms with Crippen LogP contribution in [0.2, 0.25) is 0 Å². The number of ether oxygens (including phenoxy) is 1. The Kier molecular flexibility index (Phi) is 5.26. The zero-order chi connectivity index (χ0) is 15.5. The van der Waals surface area contributed by atoms with Gasteiger partial charge in [0.05, 0.1) is 12.7 Å². The molecule has 0 fully saturated rings. The van der Waals surface area contributed by atoms with Crippen LogP contribution in [0.5, 0.6) is 0 Å². The van der Waals surface area contributed by atoms with Gasteiger partial charge in [-0.3, -0.25) is 4.79 Å². The fourth-order valence-corrected chi connectivity index (χ4v) is 4.33. The molecule has 0 bridgehead atoms. The molecule has 20 heavy (non-hydrogen) atoms. The Hall–Kier alpha value is -1.45. The molecule has 0 aliphatic rings. The fraction of sp³-hybridized carbons (Fsp3) is 0.455. The van der Waals surface area contributed by atoms with Gasteiger partial charge >= 0.3 is 11.9 Å². The van der Waals surface area contributed by atoms with Gasteiger partial charge in [-0.2, -0.15) is 4.31 Å². The van der Waals surface area contributed by atoms with Gasteiger partial charge in [-0.25, -0.2) is 13.2 Å². The normalized spacial score (nSPS) is 11.8. The summed E-state index contributed by atoms with van der Waals surface area (Å²) in [4.78, 5) is 22.1. The number of thiophene rings is 1. The second-order valence-electron chi connectivity index (χ2n) is 4.18. The van der Waals surface area contributed by atoms with Crippen LogP contribution in [0.4, 0.5) is 0 Å². The third-order valence-electron chi connectivity index (χ3n) is 2.43. The van der Waals surface area contributed by atoms with Gasteiger partial charge in [0.15, 0.2) is 0 Å². The first-order valence-electron chi connectivity index (χ1n) is 5.60. The number of hydrogen-bond acceptors (Lipinski definition) is 6. The monoisotopic (exact) mass is 321 g/mol. The summed E-state index contributed by atoms with van der Waals surface area (Å²) < 4.78 is 30.0. The maximum atomic E-state index is 12.4. The number of carbonyl (C=O) groups is 2. The lowest BCUT2D eigenvalue weighted by Crippen LogP contribution is -2.40. The summed E-state index contributed by atoms with van der Waals surface area (Å²) in [6, 6.07) is 0.669. The number of hydrogen-bond donors (Lipinski definition) is 1. The molecule has 9 heteroatoms. The van der Waals surface area contributed by atoms with Crippen LogP contribution >= 0.6 is 11.3 Å². The standard InChI is InChI=1S/C11H15NO6S2/c1-7(2)12(5-9(13)14)20(16,17)10-4-8(6-19-10)11(15)18-3/h4,6-7H,5H2,1-3H3,(H,13,14). The predicted molar refractivity (Wildman–Crippen MR) is 72.3 cm³/mol. The number of sulfonamides is 1. The minimum absolute atomic E-state index is 0.0900. The smallest absolute Gasteiger partial charge is 0.338 e. The second kappa shape index (κ2) is 6.33. The molecule has 1 heterocycles. The van der Waals surface area contributed by atoms with Gasteiger partial charge in [0, 0.05) is 11.4 Å². The van der Waals surface area contributed by atoms with Crippen LogP contribution in [-0.4, -0.2) is 49.5 Å². The van der Waals surface area contributed by atoms with Crippen LogP contribution in [0.1, 0.15) is 24.2 Å². The molecule has 1 aromatic heterocycles.